The molecule has 1 aliphatic carbocycles. The molecule has 1 aliphatic rings. The molecular weight excluding hydrogens is 302 g/mol. The number of nitrogens with zero attached hydrogens (tertiary/aromatic N) is 3. The van der Waals surface area contributed by atoms with Crippen molar-refractivity contribution in [2.75, 3.05) is 0 Å². The number of carbonyl (C=O) groups is 1. The maximum absolute atomic E-state index is 12.9. The second-order valence-corrected chi connectivity index (χ2v) is 6.68. The quantitative estimate of drug-likeness (QED) is 0.819. The van der Waals surface area contributed by atoms with Crippen LogP contribution in [0.15, 0.2) is 30.6 Å². The number of ether oxygens (including phenoxy) is 1. The van der Waals surface area contributed by atoms with E-state index < -0.39 is 6.10 Å². The van der Waals surface area contributed by atoms with E-state index in [1.807, 2.05) is 61.7 Å². The van der Waals surface area contributed by atoms with Crippen LogP contribution in [0.1, 0.15) is 36.7 Å². The maximum Gasteiger partial charge on any atom is 0.264 e. The molecule has 5 heteroatoms. The first kappa shape index (κ1) is 16.6. The van der Waals surface area contributed by atoms with Crippen molar-refractivity contribution in [3.8, 4) is 5.75 Å². The van der Waals surface area contributed by atoms with Gasteiger partial charge in [-0.25, -0.2) is 4.98 Å². The lowest BCUT2D eigenvalue weighted by atomic mass is 10.1. The number of carbonyl (C=O) groups excluding carboxylic acids is 1. The van der Waals surface area contributed by atoms with Crippen molar-refractivity contribution in [2.45, 2.75) is 52.3 Å². The highest BCUT2D eigenvalue weighted by molar-refractivity contribution is 5.81. The van der Waals surface area contributed by atoms with E-state index in [9.17, 15) is 4.79 Å². The van der Waals surface area contributed by atoms with Gasteiger partial charge in [-0.2, -0.15) is 0 Å². The van der Waals surface area contributed by atoms with Gasteiger partial charge < -0.3 is 14.2 Å². The third-order valence-corrected chi connectivity index (χ3v) is 4.50. The summed E-state index contributed by atoms with van der Waals surface area (Å²) in [7, 11) is 1.95. The standard InChI is InChI=1S/C19H25N3O2/c1-13-5-6-14(2)17(11-13)24-15(3)19(23)22(16-7-8-16)12-18-20-9-10-21(18)4/h5-6,9-11,15-16H,7-8,12H2,1-4H3/t15-/m1/s1. The van der Waals surface area contributed by atoms with E-state index in [1.54, 1.807) is 6.20 Å². The Morgan fingerprint density at radius 3 is 2.79 bits per heavy atom. The van der Waals surface area contributed by atoms with Crippen molar-refractivity contribution in [3.63, 3.8) is 0 Å². The van der Waals surface area contributed by atoms with Gasteiger partial charge >= 0.3 is 0 Å². The molecular formula is C19H25N3O2. The van der Waals surface area contributed by atoms with Crippen LogP contribution in [-0.2, 0) is 18.4 Å². The van der Waals surface area contributed by atoms with Crippen molar-refractivity contribution in [2.24, 2.45) is 7.05 Å². The molecule has 1 fully saturated rings. The fraction of sp³-hybridized carbons (Fsp3) is 0.474. The summed E-state index contributed by atoms with van der Waals surface area (Å²) in [6.45, 7) is 6.39. The van der Waals surface area contributed by atoms with Crippen LogP contribution in [-0.4, -0.2) is 32.5 Å². The number of aryl methyl sites for hydroxylation is 3. The Kier molecular flexibility index (Phi) is 4.60. The summed E-state index contributed by atoms with van der Waals surface area (Å²) in [6, 6.07) is 6.37. The first-order valence-electron chi connectivity index (χ1n) is 8.46. The van der Waals surface area contributed by atoms with Crippen LogP contribution in [0.2, 0.25) is 0 Å². The van der Waals surface area contributed by atoms with Crippen LogP contribution < -0.4 is 4.74 Å². The first-order chi connectivity index (χ1) is 11.5. The number of aromatic nitrogens is 2. The molecule has 0 N–H and O–H groups in total. The Bertz CT molecular complexity index is 734. The van der Waals surface area contributed by atoms with Gasteiger partial charge in [0.15, 0.2) is 6.10 Å². The molecule has 1 aromatic carbocycles. The average Bonchev–Trinajstić information content (AvgIpc) is 3.31. The second kappa shape index (κ2) is 6.67. The predicted molar refractivity (Wildman–Crippen MR) is 92.8 cm³/mol. The fourth-order valence-electron chi connectivity index (χ4n) is 2.78. The molecule has 0 saturated heterocycles. The zero-order chi connectivity index (χ0) is 17.3. The summed E-state index contributed by atoms with van der Waals surface area (Å²) in [5, 5.41) is 0. The van der Waals surface area contributed by atoms with Crippen molar-refractivity contribution >= 4 is 5.91 Å². The maximum atomic E-state index is 12.9. The molecule has 1 amide bonds. The summed E-state index contributed by atoms with van der Waals surface area (Å²) >= 11 is 0. The molecule has 5 nitrogen and oxygen atoms in total. The van der Waals surface area contributed by atoms with Crippen LogP contribution >= 0.6 is 0 Å². The van der Waals surface area contributed by atoms with Crippen LogP contribution in [0, 0.1) is 13.8 Å². The summed E-state index contributed by atoms with van der Waals surface area (Å²) < 4.78 is 7.93. The third kappa shape index (κ3) is 3.61. The molecule has 0 unspecified atom stereocenters. The summed E-state index contributed by atoms with van der Waals surface area (Å²) in [5.74, 6) is 1.71. The zero-order valence-corrected chi connectivity index (χ0v) is 14.8. The SMILES string of the molecule is Cc1ccc(C)c(O[C@H](C)C(=O)N(Cc2nccn2C)C2CC2)c1. The molecule has 24 heavy (non-hydrogen) atoms. The molecule has 128 valence electrons. The van der Waals surface area contributed by atoms with E-state index >= 15 is 0 Å². The van der Waals surface area contributed by atoms with Crippen molar-refractivity contribution < 1.29 is 9.53 Å². The van der Waals surface area contributed by atoms with Gasteiger partial charge in [0.05, 0.1) is 6.54 Å². The van der Waals surface area contributed by atoms with E-state index in [1.165, 1.54) is 0 Å². The minimum absolute atomic E-state index is 0.0291. The Balaban J connectivity index is 1.72. The summed E-state index contributed by atoms with van der Waals surface area (Å²) in [5.41, 5.74) is 2.17. The van der Waals surface area contributed by atoms with Crippen LogP contribution in [0.3, 0.4) is 0 Å². The number of rotatable bonds is 6. The van der Waals surface area contributed by atoms with E-state index in [2.05, 4.69) is 4.98 Å². The summed E-state index contributed by atoms with van der Waals surface area (Å²) in [4.78, 5) is 19.2. The van der Waals surface area contributed by atoms with Crippen LogP contribution in [0.25, 0.3) is 0 Å². The second-order valence-electron chi connectivity index (χ2n) is 6.68. The molecule has 3 rings (SSSR count). The van der Waals surface area contributed by atoms with Gasteiger partial charge in [0, 0.05) is 25.5 Å². The van der Waals surface area contributed by atoms with Gasteiger partial charge in [-0.1, -0.05) is 12.1 Å². The molecule has 1 aromatic heterocycles. The lowest BCUT2D eigenvalue weighted by Crippen LogP contribution is -2.42. The molecule has 1 saturated carbocycles. The van der Waals surface area contributed by atoms with Crippen LogP contribution in [0.5, 0.6) is 5.75 Å². The van der Waals surface area contributed by atoms with Gasteiger partial charge in [0.25, 0.3) is 5.91 Å². The lowest BCUT2D eigenvalue weighted by Gasteiger charge is -2.26. The number of imidazole rings is 1. The van der Waals surface area contributed by atoms with Gasteiger partial charge in [-0.3, -0.25) is 4.79 Å². The minimum atomic E-state index is -0.508. The fourth-order valence-corrected chi connectivity index (χ4v) is 2.78. The molecule has 0 spiro atoms. The Hall–Kier alpha value is -2.30. The summed E-state index contributed by atoms with van der Waals surface area (Å²) in [6.07, 6.45) is 5.28. The van der Waals surface area contributed by atoms with Crippen molar-refractivity contribution in [3.05, 3.63) is 47.5 Å². The zero-order valence-electron chi connectivity index (χ0n) is 14.8. The van der Waals surface area contributed by atoms with Crippen molar-refractivity contribution in [1.29, 1.82) is 0 Å². The molecule has 0 bridgehead atoms. The first-order valence-corrected chi connectivity index (χ1v) is 8.46. The number of hydrogen-bond acceptors (Lipinski definition) is 3. The molecule has 0 aliphatic heterocycles. The highest BCUT2D eigenvalue weighted by atomic mass is 16.5. The molecule has 1 heterocycles. The molecule has 2 aromatic rings. The Morgan fingerprint density at radius 1 is 1.42 bits per heavy atom. The van der Waals surface area contributed by atoms with Gasteiger partial charge in [-0.05, 0) is 50.8 Å². The lowest BCUT2D eigenvalue weighted by molar-refractivity contribution is -0.139. The highest BCUT2D eigenvalue weighted by Gasteiger charge is 2.36. The smallest absolute Gasteiger partial charge is 0.264 e. The molecule has 1 atom stereocenters. The topological polar surface area (TPSA) is 47.4 Å². The monoisotopic (exact) mass is 327 g/mol. The Labute approximate surface area is 143 Å². The molecule has 0 radical (unpaired) electrons. The number of benzene rings is 1. The van der Waals surface area contributed by atoms with E-state index in [0.717, 1.165) is 35.5 Å². The number of amides is 1. The van der Waals surface area contributed by atoms with Crippen molar-refractivity contribution in [1.82, 2.24) is 14.5 Å². The third-order valence-electron chi connectivity index (χ3n) is 4.50. The highest BCUT2D eigenvalue weighted by Crippen LogP contribution is 2.29. The van der Waals surface area contributed by atoms with E-state index in [-0.39, 0.29) is 5.91 Å². The number of hydrogen-bond donors (Lipinski definition) is 0. The Morgan fingerprint density at radius 2 is 2.17 bits per heavy atom. The van der Waals surface area contributed by atoms with E-state index in [0.29, 0.717) is 12.6 Å². The largest absolute Gasteiger partial charge is 0.481 e. The normalized spacial score (nSPS) is 15.2. The minimum Gasteiger partial charge on any atom is -0.481 e. The van der Waals surface area contributed by atoms with Gasteiger partial charge in [-0.15, -0.1) is 0 Å². The van der Waals surface area contributed by atoms with Crippen LogP contribution in [0.4, 0.5) is 0 Å². The van der Waals surface area contributed by atoms with E-state index in [4.69, 9.17) is 4.74 Å². The predicted octanol–water partition coefficient (Wildman–Crippen LogP) is 3.00. The van der Waals surface area contributed by atoms with Gasteiger partial charge in [0.2, 0.25) is 0 Å². The van der Waals surface area contributed by atoms with Gasteiger partial charge in [0.1, 0.15) is 11.6 Å². The average molecular weight is 327 g/mol.